The van der Waals surface area contributed by atoms with E-state index in [1.54, 1.807) is 6.07 Å². The van der Waals surface area contributed by atoms with E-state index in [9.17, 15) is 21.6 Å². The molecule has 0 aliphatic rings. The third-order valence-electron chi connectivity index (χ3n) is 2.24. The molecule has 0 radical (unpaired) electrons. The Labute approximate surface area is 103 Å². The third-order valence-corrected chi connectivity index (χ3v) is 4.04. The molecule has 2 N–H and O–H groups in total. The molecule has 0 amide bonds. The summed E-state index contributed by atoms with van der Waals surface area (Å²) in [6.45, 7) is -1.41. The van der Waals surface area contributed by atoms with E-state index in [0.717, 1.165) is 7.05 Å². The number of rotatable bonds is 4. The minimum absolute atomic E-state index is 0.117. The summed E-state index contributed by atoms with van der Waals surface area (Å²) in [6, 6.07) is 5.54. The number of hydrogen-bond donors (Lipinski definition) is 1. The quantitative estimate of drug-likeness (QED) is 0.906. The van der Waals surface area contributed by atoms with Crippen molar-refractivity contribution >= 4 is 10.0 Å². The Bertz CT molecular complexity index is 514. The standard InChI is InChI=1S/C10H13F3N2O2S/c1-15(7-10(11,12)13)18(16,17)9-4-2-3-8(5-9)6-14/h2-5H,6-7,14H2,1H3. The molecule has 0 aliphatic heterocycles. The van der Waals surface area contributed by atoms with Crippen LogP contribution < -0.4 is 5.73 Å². The van der Waals surface area contributed by atoms with Crippen molar-refractivity contribution in [3.05, 3.63) is 29.8 Å². The van der Waals surface area contributed by atoms with Crippen molar-refractivity contribution in [1.82, 2.24) is 4.31 Å². The van der Waals surface area contributed by atoms with Gasteiger partial charge in [-0.1, -0.05) is 12.1 Å². The van der Waals surface area contributed by atoms with Crippen molar-refractivity contribution in [1.29, 1.82) is 0 Å². The first kappa shape index (κ1) is 14.9. The van der Waals surface area contributed by atoms with E-state index in [-0.39, 0.29) is 15.7 Å². The summed E-state index contributed by atoms with van der Waals surface area (Å²) in [5, 5.41) is 0. The molecule has 4 nitrogen and oxygen atoms in total. The van der Waals surface area contributed by atoms with Gasteiger partial charge in [-0.2, -0.15) is 17.5 Å². The van der Waals surface area contributed by atoms with Gasteiger partial charge in [-0.3, -0.25) is 0 Å². The summed E-state index contributed by atoms with van der Waals surface area (Å²) >= 11 is 0. The van der Waals surface area contributed by atoms with E-state index in [4.69, 9.17) is 5.73 Å². The highest BCUT2D eigenvalue weighted by atomic mass is 32.2. The van der Waals surface area contributed by atoms with Crippen LogP contribution in [0, 0.1) is 0 Å². The highest BCUT2D eigenvalue weighted by molar-refractivity contribution is 7.89. The number of sulfonamides is 1. The van der Waals surface area contributed by atoms with E-state index >= 15 is 0 Å². The van der Waals surface area contributed by atoms with Crippen LogP contribution in [0.1, 0.15) is 5.56 Å². The molecule has 0 saturated carbocycles. The lowest BCUT2D eigenvalue weighted by Crippen LogP contribution is -2.35. The minimum atomic E-state index is -4.58. The molecule has 0 spiro atoms. The normalized spacial score (nSPS) is 13.0. The fourth-order valence-electron chi connectivity index (χ4n) is 1.35. The van der Waals surface area contributed by atoms with Gasteiger partial charge in [0.2, 0.25) is 10.0 Å². The molecule has 102 valence electrons. The van der Waals surface area contributed by atoms with Gasteiger partial charge in [0.1, 0.15) is 6.54 Å². The molecule has 0 aromatic heterocycles. The Morgan fingerprint density at radius 2 is 1.94 bits per heavy atom. The smallest absolute Gasteiger partial charge is 0.326 e. The molecule has 1 aromatic carbocycles. The van der Waals surface area contributed by atoms with Crippen LogP contribution in [-0.2, 0) is 16.6 Å². The predicted molar refractivity (Wildman–Crippen MR) is 60.2 cm³/mol. The minimum Gasteiger partial charge on any atom is -0.326 e. The summed E-state index contributed by atoms with van der Waals surface area (Å²) in [6.07, 6.45) is -4.58. The first-order valence-corrected chi connectivity index (χ1v) is 6.43. The van der Waals surface area contributed by atoms with Crippen LogP contribution in [0.25, 0.3) is 0 Å². The van der Waals surface area contributed by atoms with Gasteiger partial charge in [-0.15, -0.1) is 0 Å². The monoisotopic (exact) mass is 282 g/mol. The molecule has 1 rings (SSSR count). The maximum absolute atomic E-state index is 12.2. The van der Waals surface area contributed by atoms with Crippen LogP contribution in [-0.4, -0.2) is 32.5 Å². The lowest BCUT2D eigenvalue weighted by atomic mass is 10.2. The van der Waals surface area contributed by atoms with Gasteiger partial charge in [0, 0.05) is 13.6 Å². The van der Waals surface area contributed by atoms with Gasteiger partial charge in [0.05, 0.1) is 4.90 Å². The summed E-state index contributed by atoms with van der Waals surface area (Å²) in [5.41, 5.74) is 5.89. The van der Waals surface area contributed by atoms with E-state index in [1.165, 1.54) is 18.2 Å². The molecule has 18 heavy (non-hydrogen) atoms. The zero-order chi connectivity index (χ0) is 14.0. The average Bonchev–Trinajstić information content (AvgIpc) is 2.27. The summed E-state index contributed by atoms with van der Waals surface area (Å²) in [5.74, 6) is 0. The molecule has 0 heterocycles. The van der Waals surface area contributed by atoms with Crippen LogP contribution in [0.4, 0.5) is 13.2 Å². The van der Waals surface area contributed by atoms with Crippen LogP contribution in [0.15, 0.2) is 29.2 Å². The van der Waals surface area contributed by atoms with Crippen molar-refractivity contribution in [2.45, 2.75) is 17.6 Å². The van der Waals surface area contributed by atoms with Gasteiger partial charge in [0.25, 0.3) is 0 Å². The maximum Gasteiger partial charge on any atom is 0.402 e. The Morgan fingerprint density at radius 3 is 2.44 bits per heavy atom. The van der Waals surface area contributed by atoms with E-state index in [0.29, 0.717) is 5.56 Å². The molecular weight excluding hydrogens is 269 g/mol. The lowest BCUT2D eigenvalue weighted by Gasteiger charge is -2.19. The first-order chi connectivity index (χ1) is 8.16. The van der Waals surface area contributed by atoms with Crippen molar-refractivity contribution in [2.24, 2.45) is 5.73 Å². The number of nitrogens with two attached hydrogens (primary N) is 1. The van der Waals surface area contributed by atoms with Crippen molar-refractivity contribution in [3.8, 4) is 0 Å². The number of benzene rings is 1. The third kappa shape index (κ3) is 3.69. The second kappa shape index (κ2) is 5.25. The van der Waals surface area contributed by atoms with Gasteiger partial charge in [0.15, 0.2) is 0 Å². The maximum atomic E-state index is 12.2. The highest BCUT2D eigenvalue weighted by Gasteiger charge is 2.34. The second-order valence-corrected chi connectivity index (χ2v) is 5.77. The van der Waals surface area contributed by atoms with Crippen molar-refractivity contribution in [2.75, 3.05) is 13.6 Å². The molecule has 1 aromatic rings. The van der Waals surface area contributed by atoms with E-state index in [1.807, 2.05) is 0 Å². The second-order valence-electron chi connectivity index (χ2n) is 3.73. The van der Waals surface area contributed by atoms with Gasteiger partial charge >= 0.3 is 6.18 Å². The molecule has 0 atom stereocenters. The zero-order valence-corrected chi connectivity index (χ0v) is 10.4. The lowest BCUT2D eigenvalue weighted by molar-refractivity contribution is -0.134. The van der Waals surface area contributed by atoms with Crippen LogP contribution in [0.3, 0.4) is 0 Å². The van der Waals surface area contributed by atoms with Gasteiger partial charge in [-0.25, -0.2) is 8.42 Å². The Hall–Kier alpha value is -1.12. The van der Waals surface area contributed by atoms with Crippen LogP contribution in [0.5, 0.6) is 0 Å². The Balaban J connectivity index is 3.05. The SMILES string of the molecule is CN(CC(F)(F)F)S(=O)(=O)c1cccc(CN)c1. The Morgan fingerprint density at radius 1 is 1.33 bits per heavy atom. The van der Waals surface area contributed by atoms with Gasteiger partial charge < -0.3 is 5.73 Å². The molecule has 0 bridgehead atoms. The summed E-state index contributed by atoms with van der Waals surface area (Å²) < 4.78 is 60.5. The fourth-order valence-corrected chi connectivity index (χ4v) is 2.58. The van der Waals surface area contributed by atoms with Crippen LogP contribution >= 0.6 is 0 Å². The number of hydrogen-bond acceptors (Lipinski definition) is 3. The number of halogens is 3. The van der Waals surface area contributed by atoms with Gasteiger partial charge in [-0.05, 0) is 17.7 Å². The summed E-state index contributed by atoms with van der Waals surface area (Å²) in [7, 11) is -3.26. The van der Waals surface area contributed by atoms with E-state index in [2.05, 4.69) is 0 Å². The molecule has 0 unspecified atom stereocenters. The Kier molecular flexibility index (Phi) is 4.36. The topological polar surface area (TPSA) is 63.4 Å². The largest absolute Gasteiger partial charge is 0.402 e. The molecule has 0 saturated heterocycles. The summed E-state index contributed by atoms with van der Waals surface area (Å²) in [4.78, 5) is -0.197. The highest BCUT2D eigenvalue weighted by Crippen LogP contribution is 2.21. The van der Waals surface area contributed by atoms with Crippen molar-refractivity contribution in [3.63, 3.8) is 0 Å². The fraction of sp³-hybridized carbons (Fsp3) is 0.400. The number of nitrogens with zero attached hydrogens (tertiary/aromatic N) is 1. The van der Waals surface area contributed by atoms with Crippen LogP contribution in [0.2, 0.25) is 0 Å². The molecule has 0 fully saturated rings. The molecular formula is C10H13F3N2O2S. The zero-order valence-electron chi connectivity index (χ0n) is 9.61. The molecule has 8 heteroatoms. The van der Waals surface area contributed by atoms with E-state index < -0.39 is 22.7 Å². The average molecular weight is 282 g/mol. The van der Waals surface area contributed by atoms with Crippen molar-refractivity contribution < 1.29 is 21.6 Å². The predicted octanol–water partition coefficient (Wildman–Crippen LogP) is 1.33. The number of alkyl halides is 3. The molecule has 0 aliphatic carbocycles. The first-order valence-electron chi connectivity index (χ1n) is 4.99.